The van der Waals surface area contributed by atoms with Crippen molar-refractivity contribution in [1.29, 1.82) is 0 Å². The monoisotopic (exact) mass is 397 g/mol. The summed E-state index contributed by atoms with van der Waals surface area (Å²) in [4.78, 5) is 12.4. The number of ether oxygens (including phenoxy) is 2. The van der Waals surface area contributed by atoms with Gasteiger partial charge in [0.1, 0.15) is 30.2 Å². The largest absolute Gasteiger partial charge is 0.387 e. The van der Waals surface area contributed by atoms with E-state index in [9.17, 15) is 10.2 Å². The highest BCUT2D eigenvalue weighted by atomic mass is 16.6. The van der Waals surface area contributed by atoms with E-state index in [1.807, 2.05) is 12.1 Å². The molecule has 1 aliphatic carbocycles. The van der Waals surface area contributed by atoms with Crippen molar-refractivity contribution in [1.82, 2.24) is 19.5 Å². The molecule has 1 aromatic carbocycles. The van der Waals surface area contributed by atoms with Gasteiger partial charge < -0.3 is 25.4 Å². The molecule has 2 unspecified atom stereocenters. The second-order valence-corrected chi connectivity index (χ2v) is 7.60. The van der Waals surface area contributed by atoms with Crippen LogP contribution < -0.4 is 5.73 Å². The van der Waals surface area contributed by atoms with Crippen LogP contribution in [0.4, 0.5) is 5.82 Å². The minimum Gasteiger partial charge on any atom is -0.387 e. The van der Waals surface area contributed by atoms with Gasteiger partial charge >= 0.3 is 0 Å². The molecule has 1 aliphatic heterocycles. The molecule has 0 radical (unpaired) electrons. The fourth-order valence-electron chi connectivity index (χ4n) is 4.70. The van der Waals surface area contributed by atoms with E-state index in [1.165, 1.54) is 23.8 Å². The van der Waals surface area contributed by atoms with E-state index in [-0.39, 0.29) is 11.7 Å². The summed E-state index contributed by atoms with van der Waals surface area (Å²) in [6.45, 7) is 0. The molecule has 5 rings (SSSR count). The maximum atomic E-state index is 10.8. The number of benzene rings is 1. The van der Waals surface area contributed by atoms with Crippen LogP contribution in [0, 0.1) is 0 Å². The smallest absolute Gasteiger partial charge is 0.167 e. The zero-order valence-corrected chi connectivity index (χ0v) is 15.9. The van der Waals surface area contributed by atoms with Gasteiger partial charge in [-0.3, -0.25) is 4.57 Å². The van der Waals surface area contributed by atoms with Gasteiger partial charge in [-0.25, -0.2) is 15.0 Å². The van der Waals surface area contributed by atoms with Crippen LogP contribution in [-0.2, 0) is 15.9 Å². The molecule has 4 N–H and O–H groups in total. The summed E-state index contributed by atoms with van der Waals surface area (Å²) in [6, 6.07) is 8.25. The molecule has 1 saturated heterocycles. The summed E-state index contributed by atoms with van der Waals surface area (Å²) in [5.41, 5.74) is 9.22. The molecule has 2 aliphatic rings. The summed E-state index contributed by atoms with van der Waals surface area (Å²) in [5, 5.41) is 21.6. The normalized spacial score (nSPS) is 30.0. The summed E-state index contributed by atoms with van der Waals surface area (Å²) in [7, 11) is 1.61. The van der Waals surface area contributed by atoms with Gasteiger partial charge in [-0.2, -0.15) is 0 Å². The number of nitrogens with two attached hydrogens (primary N) is 1. The van der Waals surface area contributed by atoms with E-state index >= 15 is 0 Å². The van der Waals surface area contributed by atoms with Crippen molar-refractivity contribution in [3.8, 4) is 0 Å². The van der Waals surface area contributed by atoms with E-state index in [0.717, 1.165) is 12.8 Å². The van der Waals surface area contributed by atoms with E-state index in [1.54, 1.807) is 11.7 Å². The number of aromatic nitrogens is 4. The minimum atomic E-state index is -1.16. The van der Waals surface area contributed by atoms with Crippen LogP contribution in [-0.4, -0.2) is 61.3 Å². The van der Waals surface area contributed by atoms with Gasteiger partial charge in [-0.05, 0) is 24.0 Å². The van der Waals surface area contributed by atoms with Crippen LogP contribution in [0.15, 0.2) is 36.9 Å². The number of nitrogens with zero attached hydrogens (tertiary/aromatic N) is 4. The minimum absolute atomic E-state index is 0.0827. The fraction of sp³-hybridized carbons (Fsp3) is 0.450. The van der Waals surface area contributed by atoms with Gasteiger partial charge in [0.2, 0.25) is 0 Å². The van der Waals surface area contributed by atoms with Crippen LogP contribution >= 0.6 is 0 Å². The Morgan fingerprint density at radius 1 is 1.21 bits per heavy atom. The lowest BCUT2D eigenvalue weighted by Gasteiger charge is -2.30. The lowest BCUT2D eigenvalue weighted by atomic mass is 9.89. The molecule has 152 valence electrons. The Kier molecular flexibility index (Phi) is 4.47. The molecule has 9 nitrogen and oxygen atoms in total. The summed E-state index contributed by atoms with van der Waals surface area (Å²) < 4.78 is 13.5. The summed E-state index contributed by atoms with van der Waals surface area (Å²) >= 11 is 0. The Labute approximate surface area is 167 Å². The van der Waals surface area contributed by atoms with Crippen LogP contribution in [0.2, 0.25) is 0 Å². The molecule has 0 amide bonds. The number of fused-ring (bicyclic) bond motifs is 2. The Balaban J connectivity index is 1.47. The maximum absolute atomic E-state index is 10.8. The van der Waals surface area contributed by atoms with Crippen molar-refractivity contribution in [3.05, 3.63) is 48.0 Å². The number of anilines is 1. The molecule has 2 aromatic heterocycles. The zero-order chi connectivity index (χ0) is 20.1. The maximum Gasteiger partial charge on any atom is 0.167 e. The van der Waals surface area contributed by atoms with Crippen LogP contribution in [0.3, 0.4) is 0 Å². The van der Waals surface area contributed by atoms with Crippen molar-refractivity contribution < 1.29 is 19.7 Å². The molecule has 0 spiro atoms. The molecule has 6 atom stereocenters. The number of hydrogen-bond donors (Lipinski definition) is 3. The highest BCUT2D eigenvalue weighted by Gasteiger charge is 2.50. The first-order valence-electron chi connectivity index (χ1n) is 9.65. The number of rotatable bonds is 4. The van der Waals surface area contributed by atoms with Crippen molar-refractivity contribution >= 4 is 17.0 Å². The number of aliphatic hydroxyl groups is 2. The second kappa shape index (κ2) is 7.03. The van der Waals surface area contributed by atoms with Crippen molar-refractivity contribution in [2.75, 3.05) is 12.8 Å². The van der Waals surface area contributed by atoms with Gasteiger partial charge in [-0.15, -0.1) is 0 Å². The lowest BCUT2D eigenvalue weighted by Crippen LogP contribution is -2.42. The number of methoxy groups -OCH3 is 1. The average Bonchev–Trinajstić information content (AvgIpc) is 3.42. The third-order valence-corrected chi connectivity index (χ3v) is 6.11. The number of aryl methyl sites for hydroxylation is 1. The van der Waals surface area contributed by atoms with Gasteiger partial charge in [0.25, 0.3) is 0 Å². The van der Waals surface area contributed by atoms with Gasteiger partial charge in [-0.1, -0.05) is 24.3 Å². The molecule has 29 heavy (non-hydrogen) atoms. The SMILES string of the molecule is COC(C1CCc2ccccc21)[C@H]1O[C@@H](n2cnc3c(N)ncnc32)[C@H](O)[C@@H]1O. The first-order valence-corrected chi connectivity index (χ1v) is 9.65. The third kappa shape index (κ3) is 2.81. The standard InChI is InChI=1S/C20H23N5O4/c1-28-16(12-7-6-10-4-2-3-5-11(10)12)17-14(26)15(27)20(29-17)25-9-24-13-18(21)22-8-23-19(13)25/h2-5,8-9,12,14-17,20,26-27H,6-7H2,1H3,(H2,21,22,23)/t12?,14-,15+,16?,17-,20+/m0/s1. The van der Waals surface area contributed by atoms with Gasteiger partial charge in [0.05, 0.1) is 12.4 Å². The zero-order valence-electron chi connectivity index (χ0n) is 15.9. The molecule has 0 bridgehead atoms. The first kappa shape index (κ1) is 18.4. The van der Waals surface area contributed by atoms with Crippen molar-refractivity contribution in [2.45, 2.75) is 49.4 Å². The van der Waals surface area contributed by atoms with E-state index in [4.69, 9.17) is 15.2 Å². The fourth-order valence-corrected chi connectivity index (χ4v) is 4.70. The second-order valence-electron chi connectivity index (χ2n) is 7.60. The number of imidazole rings is 1. The molecule has 0 saturated carbocycles. The predicted octanol–water partition coefficient (Wildman–Crippen LogP) is 0.773. The quantitative estimate of drug-likeness (QED) is 0.589. The number of nitrogen functional groups attached to an aromatic ring is 1. The molecular formula is C20H23N5O4. The number of hydrogen-bond acceptors (Lipinski definition) is 8. The van der Waals surface area contributed by atoms with Crippen LogP contribution in [0.5, 0.6) is 0 Å². The molecule has 3 aromatic rings. The molecule has 3 heterocycles. The third-order valence-electron chi connectivity index (χ3n) is 6.11. The van der Waals surface area contributed by atoms with Crippen molar-refractivity contribution in [3.63, 3.8) is 0 Å². The van der Waals surface area contributed by atoms with E-state index in [2.05, 4.69) is 27.1 Å². The van der Waals surface area contributed by atoms with Crippen molar-refractivity contribution in [2.24, 2.45) is 0 Å². The van der Waals surface area contributed by atoms with Gasteiger partial charge in [0.15, 0.2) is 17.7 Å². The molecular weight excluding hydrogens is 374 g/mol. The lowest BCUT2D eigenvalue weighted by molar-refractivity contribution is -0.104. The Hall–Kier alpha value is -2.59. The van der Waals surface area contributed by atoms with E-state index < -0.39 is 30.6 Å². The van der Waals surface area contributed by atoms with Gasteiger partial charge in [0, 0.05) is 13.0 Å². The summed E-state index contributed by atoms with van der Waals surface area (Å²) in [6.07, 6.45) is 0.446. The van der Waals surface area contributed by atoms with Crippen LogP contribution in [0.1, 0.15) is 29.7 Å². The van der Waals surface area contributed by atoms with Crippen LogP contribution in [0.25, 0.3) is 11.2 Å². The average molecular weight is 397 g/mol. The summed E-state index contributed by atoms with van der Waals surface area (Å²) in [5.74, 6) is 0.329. The Morgan fingerprint density at radius 2 is 2.03 bits per heavy atom. The highest BCUT2D eigenvalue weighted by Crippen LogP contribution is 2.42. The Bertz CT molecular complexity index is 1040. The predicted molar refractivity (Wildman–Crippen MR) is 104 cm³/mol. The molecule has 1 fully saturated rings. The number of aliphatic hydroxyl groups excluding tert-OH is 2. The first-order chi connectivity index (χ1) is 14.1. The van der Waals surface area contributed by atoms with E-state index in [0.29, 0.717) is 11.2 Å². The topological polar surface area (TPSA) is 129 Å². The highest BCUT2D eigenvalue weighted by molar-refractivity contribution is 5.81. The molecule has 9 heteroatoms. The Morgan fingerprint density at radius 3 is 2.86 bits per heavy atom.